The van der Waals surface area contributed by atoms with Crippen molar-refractivity contribution in [3.8, 4) is 0 Å². The van der Waals surface area contributed by atoms with E-state index in [1.165, 1.54) is 6.08 Å². The summed E-state index contributed by atoms with van der Waals surface area (Å²) >= 11 is 5.70. The molecule has 0 bridgehead atoms. The lowest BCUT2D eigenvalue weighted by molar-refractivity contribution is -0.347. The minimum Gasteiger partial charge on any atom is -0.445 e. The van der Waals surface area contributed by atoms with Gasteiger partial charge in [-0.1, -0.05) is 17.6 Å². The Balaban J connectivity index is 2.25. The smallest absolute Gasteiger partial charge is 0.413 e. The van der Waals surface area contributed by atoms with E-state index in [0.717, 1.165) is 0 Å². The molecule has 0 unspecified atom stereocenters. The molecule has 2 heterocycles. The third-order valence-electron chi connectivity index (χ3n) is 1.86. The lowest BCUT2D eigenvalue weighted by atomic mass is 10.5. The number of hydrogen-bond acceptors (Lipinski definition) is 4. The van der Waals surface area contributed by atoms with Crippen LogP contribution in [0.4, 0.5) is 10.6 Å². The van der Waals surface area contributed by atoms with Gasteiger partial charge in [0.25, 0.3) is 0 Å². The van der Waals surface area contributed by atoms with Crippen LogP contribution in [-0.2, 0) is 4.74 Å². The van der Waals surface area contributed by atoms with Gasteiger partial charge in [-0.15, -0.1) is 0 Å². The summed E-state index contributed by atoms with van der Waals surface area (Å²) in [7, 11) is 0. The fraction of sp³-hybridized carbons (Fsp3) is 0.111. The molecule has 7 nitrogen and oxygen atoms in total. The van der Waals surface area contributed by atoms with Gasteiger partial charge in [-0.2, -0.15) is 4.98 Å². The summed E-state index contributed by atoms with van der Waals surface area (Å²) in [6.45, 7) is 3.55. The minimum atomic E-state index is -0.643. The number of H-pyrrole nitrogens is 2. The predicted molar refractivity (Wildman–Crippen MR) is 60.6 cm³/mol. The number of fused-ring (bicyclic) bond motifs is 1. The van der Waals surface area contributed by atoms with Crippen molar-refractivity contribution < 1.29 is 14.5 Å². The molecule has 0 aliphatic carbocycles. The first-order valence-electron chi connectivity index (χ1n) is 4.67. The average Bonchev–Trinajstić information content (AvgIpc) is 2.74. The van der Waals surface area contributed by atoms with Gasteiger partial charge in [0.05, 0.1) is 0 Å². The van der Waals surface area contributed by atoms with Gasteiger partial charge in [-0.05, 0) is 11.6 Å². The number of carbonyl (C=O) groups is 1. The number of nitrogens with one attached hydrogen (secondary N) is 3. The van der Waals surface area contributed by atoms with Gasteiger partial charge in [0.1, 0.15) is 6.61 Å². The van der Waals surface area contributed by atoms with Crippen molar-refractivity contribution in [2.24, 2.45) is 0 Å². The molecule has 2 rings (SSSR count). The third-order valence-corrected chi connectivity index (χ3v) is 2.03. The number of halogens is 1. The second kappa shape index (κ2) is 4.79. The number of imidazole rings is 1. The van der Waals surface area contributed by atoms with Crippen molar-refractivity contribution in [1.82, 2.24) is 15.0 Å². The first-order valence-corrected chi connectivity index (χ1v) is 5.05. The van der Waals surface area contributed by atoms with Crippen molar-refractivity contribution in [3.05, 3.63) is 24.3 Å². The highest BCUT2D eigenvalue weighted by molar-refractivity contribution is 6.28. The summed E-state index contributed by atoms with van der Waals surface area (Å²) in [4.78, 5) is 24.8. The van der Waals surface area contributed by atoms with E-state index in [2.05, 4.69) is 31.8 Å². The molecule has 0 saturated carbocycles. The van der Waals surface area contributed by atoms with E-state index in [4.69, 9.17) is 16.3 Å². The average molecular weight is 255 g/mol. The van der Waals surface area contributed by atoms with Crippen LogP contribution in [0.1, 0.15) is 0 Å². The van der Waals surface area contributed by atoms with Crippen molar-refractivity contribution in [2.45, 2.75) is 0 Å². The van der Waals surface area contributed by atoms with Gasteiger partial charge in [0.15, 0.2) is 12.1 Å². The van der Waals surface area contributed by atoms with E-state index >= 15 is 0 Å². The van der Waals surface area contributed by atoms with Gasteiger partial charge in [-0.3, -0.25) is 10.3 Å². The predicted octanol–water partition coefficient (Wildman–Crippen LogP) is 1.16. The van der Waals surface area contributed by atoms with Crippen LogP contribution in [0.15, 0.2) is 19.0 Å². The highest BCUT2D eigenvalue weighted by Gasteiger charge is 2.16. The van der Waals surface area contributed by atoms with Gasteiger partial charge >= 0.3 is 17.0 Å². The summed E-state index contributed by atoms with van der Waals surface area (Å²) in [5, 5.41) is 2.47. The van der Waals surface area contributed by atoms with E-state index in [1.54, 1.807) is 6.33 Å². The third kappa shape index (κ3) is 2.51. The van der Waals surface area contributed by atoms with Gasteiger partial charge in [0, 0.05) is 0 Å². The Labute approximate surface area is 101 Å². The number of aromatic amines is 2. The number of amides is 1. The molecule has 0 aliphatic heterocycles. The zero-order valence-corrected chi connectivity index (χ0v) is 9.41. The Hall–Kier alpha value is -2.15. The van der Waals surface area contributed by atoms with Gasteiger partial charge < -0.3 is 4.74 Å². The Morgan fingerprint density at radius 1 is 1.71 bits per heavy atom. The lowest BCUT2D eigenvalue weighted by Crippen LogP contribution is -2.15. The Morgan fingerprint density at radius 2 is 2.53 bits per heavy atom. The number of rotatable bonds is 3. The molecule has 0 radical (unpaired) electrons. The van der Waals surface area contributed by atoms with Gasteiger partial charge in [0.2, 0.25) is 5.52 Å². The maximum Gasteiger partial charge on any atom is 0.413 e. The van der Waals surface area contributed by atoms with E-state index in [9.17, 15) is 4.79 Å². The van der Waals surface area contributed by atoms with Crippen molar-refractivity contribution in [3.63, 3.8) is 0 Å². The first-order chi connectivity index (χ1) is 8.20. The second-order valence-corrected chi connectivity index (χ2v) is 3.35. The van der Waals surface area contributed by atoms with Crippen LogP contribution in [0, 0.1) is 0 Å². The zero-order valence-electron chi connectivity index (χ0n) is 8.66. The van der Waals surface area contributed by atoms with Gasteiger partial charge in [-0.25, -0.2) is 9.78 Å². The fourth-order valence-electron chi connectivity index (χ4n) is 1.21. The summed E-state index contributed by atoms with van der Waals surface area (Å²) in [6.07, 6.45) is 2.37. The Kier molecular flexibility index (Phi) is 3.20. The van der Waals surface area contributed by atoms with Crippen LogP contribution < -0.4 is 10.3 Å². The lowest BCUT2D eigenvalue weighted by Gasteiger charge is -2.03. The van der Waals surface area contributed by atoms with Crippen molar-refractivity contribution >= 4 is 34.7 Å². The molecule has 3 N–H and O–H groups in total. The van der Waals surface area contributed by atoms with Crippen LogP contribution >= 0.6 is 11.6 Å². The molecule has 17 heavy (non-hydrogen) atoms. The number of hydrogen-bond donors (Lipinski definition) is 2. The molecule has 0 spiro atoms. The molecular formula is C9H9ClN5O2+. The molecule has 8 heteroatoms. The zero-order chi connectivity index (χ0) is 12.3. The Bertz CT molecular complexity index is 568. The molecule has 1 amide bonds. The number of ether oxygens (including phenoxy) is 1. The molecule has 0 atom stereocenters. The van der Waals surface area contributed by atoms with Crippen LogP contribution in [0.2, 0.25) is 5.28 Å². The Morgan fingerprint density at radius 3 is 3.29 bits per heavy atom. The summed E-state index contributed by atoms with van der Waals surface area (Å²) in [6, 6.07) is 0. The molecule has 0 aliphatic rings. The monoisotopic (exact) mass is 254 g/mol. The molecule has 2 aromatic rings. The molecule has 0 fully saturated rings. The number of anilines is 1. The second-order valence-electron chi connectivity index (χ2n) is 3.01. The normalized spacial score (nSPS) is 10.2. The molecular weight excluding hydrogens is 246 g/mol. The summed E-state index contributed by atoms with van der Waals surface area (Å²) in [5.74, 6) is 0.246. The van der Waals surface area contributed by atoms with Crippen molar-refractivity contribution in [2.75, 3.05) is 11.9 Å². The highest BCUT2D eigenvalue weighted by Crippen LogP contribution is 2.16. The summed E-state index contributed by atoms with van der Waals surface area (Å²) < 4.78 is 4.76. The first kappa shape index (κ1) is 11.3. The van der Waals surface area contributed by atoms with Crippen LogP contribution in [-0.4, -0.2) is 27.7 Å². The summed E-state index contributed by atoms with van der Waals surface area (Å²) in [5.41, 5.74) is 1.02. The van der Waals surface area contributed by atoms with E-state index < -0.39 is 6.09 Å². The largest absolute Gasteiger partial charge is 0.445 e. The minimum absolute atomic E-state index is 0.0207. The molecule has 88 valence electrons. The maximum absolute atomic E-state index is 11.3. The van der Waals surface area contributed by atoms with Crippen molar-refractivity contribution in [1.29, 1.82) is 0 Å². The van der Waals surface area contributed by atoms with Crippen LogP contribution in [0.3, 0.4) is 0 Å². The number of aromatic nitrogens is 4. The van der Waals surface area contributed by atoms with E-state index in [1.807, 2.05) is 0 Å². The standard InChI is InChI=1S/C9H8ClN5O2/c1-2-3-17-9(16)15-7-5-6(12-4-11-5)13-8(10)14-7/h2,4H,1,3H2,(H2,11,12,13,14,15,16)/p+1. The molecule has 2 aromatic heterocycles. The highest BCUT2D eigenvalue weighted by atomic mass is 35.5. The fourth-order valence-corrected chi connectivity index (χ4v) is 1.38. The topological polar surface area (TPSA) is 94.0 Å². The molecule has 0 saturated heterocycles. The quantitative estimate of drug-likeness (QED) is 0.635. The SMILES string of the molecule is C=CCOC(=O)Nc1nc(Cl)nc2[nH+]c[nH]c12. The van der Waals surface area contributed by atoms with E-state index in [0.29, 0.717) is 11.2 Å². The number of nitrogens with zero attached hydrogens (tertiary/aromatic N) is 2. The van der Waals surface area contributed by atoms with E-state index in [-0.39, 0.29) is 17.7 Å². The van der Waals surface area contributed by atoms with Crippen LogP contribution in [0.5, 0.6) is 0 Å². The van der Waals surface area contributed by atoms with Crippen LogP contribution in [0.25, 0.3) is 11.2 Å². The number of carbonyl (C=O) groups excluding carboxylic acids is 1. The maximum atomic E-state index is 11.3. The molecule has 0 aromatic carbocycles.